The number of ether oxygens (including phenoxy) is 1. The number of hydrogen-bond acceptors (Lipinski definition) is 3. The van der Waals surface area contributed by atoms with Gasteiger partial charge in [0, 0.05) is 13.0 Å². The summed E-state index contributed by atoms with van der Waals surface area (Å²) in [7, 11) is 1.69. The zero-order chi connectivity index (χ0) is 11.4. The maximum atomic E-state index is 6.03. The highest BCUT2D eigenvalue weighted by Gasteiger charge is 2.19. The topological polar surface area (TPSA) is 39.9 Å². The fourth-order valence-corrected chi connectivity index (χ4v) is 1.84. The van der Waals surface area contributed by atoms with E-state index in [1.54, 1.807) is 7.11 Å². The van der Waals surface area contributed by atoms with E-state index in [2.05, 4.69) is 31.0 Å². The molecule has 1 unspecified atom stereocenters. The largest absolute Gasteiger partial charge is 0.383 e. The third-order valence-corrected chi connectivity index (χ3v) is 2.65. The molecule has 5 heteroatoms. The van der Waals surface area contributed by atoms with Crippen molar-refractivity contribution in [1.82, 2.24) is 14.8 Å². The minimum atomic E-state index is 0.218. The van der Waals surface area contributed by atoms with Gasteiger partial charge in [-0.3, -0.25) is 4.57 Å². The van der Waals surface area contributed by atoms with E-state index in [1.807, 2.05) is 4.57 Å². The normalized spacial score (nSPS) is 13.5. The molecule has 0 fully saturated rings. The zero-order valence-corrected chi connectivity index (χ0v) is 10.5. The molecule has 86 valence electrons. The van der Waals surface area contributed by atoms with Gasteiger partial charge in [0.25, 0.3) is 0 Å². The Balaban J connectivity index is 3.03. The molecule has 0 aliphatic carbocycles. The van der Waals surface area contributed by atoms with Crippen LogP contribution in [0.5, 0.6) is 0 Å². The molecule has 0 aliphatic heterocycles. The number of nitrogens with zero attached hydrogens (tertiary/aromatic N) is 3. The van der Waals surface area contributed by atoms with Gasteiger partial charge >= 0.3 is 0 Å². The molecule has 1 rings (SSSR count). The Morgan fingerprint density at radius 1 is 1.40 bits per heavy atom. The Bertz CT molecular complexity index is 312. The van der Waals surface area contributed by atoms with Crippen molar-refractivity contribution in [3.8, 4) is 0 Å². The molecule has 1 aromatic rings. The summed E-state index contributed by atoms with van der Waals surface area (Å²) in [6.07, 6.45) is 0.950. The van der Waals surface area contributed by atoms with Crippen molar-refractivity contribution in [2.24, 2.45) is 0 Å². The first-order valence-corrected chi connectivity index (χ1v) is 5.58. The Morgan fingerprint density at radius 3 is 2.53 bits per heavy atom. The molecule has 0 N–H and O–H groups in total. The molecule has 0 saturated heterocycles. The summed E-state index contributed by atoms with van der Waals surface area (Å²) in [5.41, 5.74) is 0. The third kappa shape index (κ3) is 2.69. The van der Waals surface area contributed by atoms with Crippen LogP contribution in [-0.2, 0) is 4.74 Å². The van der Waals surface area contributed by atoms with Gasteiger partial charge in [-0.25, -0.2) is 0 Å². The zero-order valence-electron chi connectivity index (χ0n) is 9.70. The summed E-state index contributed by atoms with van der Waals surface area (Å²) < 4.78 is 7.14. The van der Waals surface area contributed by atoms with E-state index in [0.717, 1.165) is 12.2 Å². The first-order valence-electron chi connectivity index (χ1n) is 5.21. The summed E-state index contributed by atoms with van der Waals surface area (Å²) in [5, 5.41) is 8.45. The summed E-state index contributed by atoms with van der Waals surface area (Å²) in [6, 6.07) is 0.218. The molecule has 0 amide bonds. The first kappa shape index (κ1) is 12.5. The molecule has 0 bridgehead atoms. The van der Waals surface area contributed by atoms with E-state index in [0.29, 0.717) is 17.8 Å². The van der Waals surface area contributed by atoms with E-state index in [9.17, 15) is 0 Å². The van der Waals surface area contributed by atoms with Crippen LogP contribution < -0.4 is 0 Å². The molecule has 0 spiro atoms. The van der Waals surface area contributed by atoms with E-state index in [4.69, 9.17) is 16.3 Å². The Hall–Kier alpha value is -0.610. The lowest BCUT2D eigenvalue weighted by Gasteiger charge is -2.19. The van der Waals surface area contributed by atoms with Gasteiger partial charge in [-0.2, -0.15) is 0 Å². The highest BCUT2D eigenvalue weighted by Crippen LogP contribution is 2.24. The second kappa shape index (κ2) is 5.47. The number of hydrogen-bond donors (Lipinski definition) is 0. The van der Waals surface area contributed by atoms with E-state index in [1.165, 1.54) is 0 Å². The predicted molar refractivity (Wildman–Crippen MR) is 60.3 cm³/mol. The SMILES string of the molecule is CCC(COC)n1c(Cl)nnc1C(C)C. The molecule has 0 radical (unpaired) electrons. The molecule has 0 aliphatic rings. The number of halogens is 1. The van der Waals surface area contributed by atoms with Crippen molar-refractivity contribution < 1.29 is 4.74 Å². The lowest BCUT2D eigenvalue weighted by molar-refractivity contribution is 0.151. The minimum absolute atomic E-state index is 0.218. The fraction of sp³-hybridized carbons (Fsp3) is 0.800. The van der Waals surface area contributed by atoms with Crippen molar-refractivity contribution in [2.45, 2.75) is 39.2 Å². The summed E-state index contributed by atoms with van der Waals surface area (Å²) in [4.78, 5) is 0. The highest BCUT2D eigenvalue weighted by atomic mass is 35.5. The number of methoxy groups -OCH3 is 1. The van der Waals surface area contributed by atoms with E-state index < -0.39 is 0 Å². The monoisotopic (exact) mass is 231 g/mol. The smallest absolute Gasteiger partial charge is 0.225 e. The number of aromatic nitrogens is 3. The molecule has 0 saturated carbocycles. The van der Waals surface area contributed by atoms with Crippen LogP contribution in [-0.4, -0.2) is 28.5 Å². The maximum absolute atomic E-state index is 6.03. The van der Waals surface area contributed by atoms with Crippen LogP contribution in [0.25, 0.3) is 0 Å². The first-order chi connectivity index (χ1) is 7.11. The van der Waals surface area contributed by atoms with Crippen molar-refractivity contribution in [3.05, 3.63) is 11.1 Å². The standard InChI is InChI=1S/C10H18ClN3O/c1-5-8(6-15-4)14-9(7(2)3)12-13-10(14)11/h7-8H,5-6H2,1-4H3. The average Bonchev–Trinajstić information content (AvgIpc) is 2.57. The van der Waals surface area contributed by atoms with Crippen LogP contribution in [0.15, 0.2) is 0 Å². The van der Waals surface area contributed by atoms with Gasteiger partial charge in [0.05, 0.1) is 12.6 Å². The summed E-state index contributed by atoms with van der Waals surface area (Å²) in [5.74, 6) is 1.24. The van der Waals surface area contributed by atoms with Gasteiger partial charge in [-0.1, -0.05) is 20.8 Å². The van der Waals surface area contributed by atoms with Gasteiger partial charge in [0.2, 0.25) is 5.28 Å². The molecule has 1 aromatic heterocycles. The second-order valence-electron chi connectivity index (χ2n) is 3.87. The molecular weight excluding hydrogens is 214 g/mol. The van der Waals surface area contributed by atoms with Gasteiger partial charge < -0.3 is 4.74 Å². The van der Waals surface area contributed by atoms with Crippen molar-refractivity contribution in [1.29, 1.82) is 0 Å². The van der Waals surface area contributed by atoms with Crippen LogP contribution in [0.2, 0.25) is 5.28 Å². The molecular formula is C10H18ClN3O. The lowest BCUT2D eigenvalue weighted by Crippen LogP contribution is -2.17. The number of rotatable bonds is 5. The Labute approximate surface area is 95.6 Å². The summed E-state index contributed by atoms with van der Waals surface area (Å²) in [6.45, 7) is 6.89. The minimum Gasteiger partial charge on any atom is -0.383 e. The Morgan fingerprint density at radius 2 is 2.07 bits per heavy atom. The van der Waals surface area contributed by atoms with E-state index >= 15 is 0 Å². The van der Waals surface area contributed by atoms with Crippen molar-refractivity contribution in [3.63, 3.8) is 0 Å². The fourth-order valence-electron chi connectivity index (χ4n) is 1.58. The van der Waals surface area contributed by atoms with Gasteiger partial charge in [0.1, 0.15) is 5.82 Å². The lowest BCUT2D eigenvalue weighted by atomic mass is 10.1. The molecule has 1 heterocycles. The van der Waals surface area contributed by atoms with Crippen LogP contribution in [0.4, 0.5) is 0 Å². The summed E-state index contributed by atoms with van der Waals surface area (Å²) >= 11 is 6.03. The molecule has 0 aromatic carbocycles. The van der Waals surface area contributed by atoms with E-state index in [-0.39, 0.29) is 6.04 Å². The quantitative estimate of drug-likeness (QED) is 0.782. The van der Waals surface area contributed by atoms with Crippen LogP contribution in [0.1, 0.15) is 45.0 Å². The Kier molecular flexibility index (Phi) is 4.54. The maximum Gasteiger partial charge on any atom is 0.225 e. The van der Waals surface area contributed by atoms with Crippen molar-refractivity contribution in [2.75, 3.05) is 13.7 Å². The van der Waals surface area contributed by atoms with Gasteiger partial charge in [-0.05, 0) is 18.0 Å². The van der Waals surface area contributed by atoms with Gasteiger partial charge in [-0.15, -0.1) is 10.2 Å². The third-order valence-electron chi connectivity index (χ3n) is 2.39. The van der Waals surface area contributed by atoms with Gasteiger partial charge in [0.15, 0.2) is 0 Å². The highest BCUT2D eigenvalue weighted by molar-refractivity contribution is 6.28. The van der Waals surface area contributed by atoms with Crippen LogP contribution >= 0.6 is 11.6 Å². The molecule has 15 heavy (non-hydrogen) atoms. The average molecular weight is 232 g/mol. The molecule has 4 nitrogen and oxygen atoms in total. The van der Waals surface area contributed by atoms with Crippen LogP contribution in [0.3, 0.4) is 0 Å². The van der Waals surface area contributed by atoms with Crippen molar-refractivity contribution >= 4 is 11.6 Å². The second-order valence-corrected chi connectivity index (χ2v) is 4.21. The predicted octanol–water partition coefficient (Wildman–Crippen LogP) is 2.65. The van der Waals surface area contributed by atoms with Crippen LogP contribution in [0, 0.1) is 0 Å². The molecule has 1 atom stereocenters.